The van der Waals surface area contributed by atoms with E-state index >= 15 is 0 Å². The van der Waals surface area contributed by atoms with Gasteiger partial charge in [0, 0.05) is 5.56 Å². The minimum absolute atomic E-state index is 0.0908. The minimum Gasteiger partial charge on any atom is -0.373 e. The zero-order valence-electron chi connectivity index (χ0n) is 10.7. The zero-order valence-corrected chi connectivity index (χ0v) is 10.7. The lowest BCUT2D eigenvalue weighted by Crippen LogP contribution is -2.21. The number of halogens is 1. The van der Waals surface area contributed by atoms with Crippen molar-refractivity contribution in [2.75, 3.05) is 0 Å². The molecule has 1 aromatic rings. The number of nitriles is 1. The lowest BCUT2D eigenvalue weighted by Gasteiger charge is -2.26. The number of hydrogen-bond acceptors (Lipinski definition) is 2. The molecule has 1 aliphatic rings. The second kappa shape index (κ2) is 5.97. The molecule has 0 aliphatic heterocycles. The summed E-state index contributed by atoms with van der Waals surface area (Å²) in [6.07, 6.45) is 4.80. The molecule has 1 fully saturated rings. The van der Waals surface area contributed by atoms with Gasteiger partial charge in [-0.3, -0.25) is 0 Å². The van der Waals surface area contributed by atoms with Crippen molar-refractivity contribution in [1.29, 1.82) is 5.26 Å². The van der Waals surface area contributed by atoms with Gasteiger partial charge in [0.05, 0.1) is 18.3 Å². The maximum atomic E-state index is 13.8. The van der Waals surface area contributed by atoms with Crippen molar-refractivity contribution < 1.29 is 9.13 Å². The van der Waals surface area contributed by atoms with E-state index < -0.39 is 5.82 Å². The first kappa shape index (κ1) is 13.0. The molecule has 0 bridgehead atoms. The highest BCUT2D eigenvalue weighted by Crippen LogP contribution is 2.26. The van der Waals surface area contributed by atoms with Gasteiger partial charge in [-0.05, 0) is 24.8 Å². The molecule has 2 unspecified atom stereocenters. The molecule has 1 aliphatic carbocycles. The van der Waals surface area contributed by atoms with Crippen molar-refractivity contribution in [3.63, 3.8) is 0 Å². The Morgan fingerprint density at radius 1 is 1.44 bits per heavy atom. The van der Waals surface area contributed by atoms with Crippen LogP contribution in [0.2, 0.25) is 0 Å². The molecule has 2 atom stereocenters. The van der Waals surface area contributed by atoms with Gasteiger partial charge in [-0.25, -0.2) is 4.39 Å². The predicted molar refractivity (Wildman–Crippen MR) is 67.3 cm³/mol. The highest BCUT2D eigenvalue weighted by Gasteiger charge is 2.19. The third-order valence-electron chi connectivity index (χ3n) is 3.56. The summed E-state index contributed by atoms with van der Waals surface area (Å²) in [6.45, 7) is 2.49. The van der Waals surface area contributed by atoms with Gasteiger partial charge in [0.1, 0.15) is 11.9 Å². The maximum Gasteiger partial charge on any atom is 0.146 e. The Hall–Kier alpha value is -1.40. The largest absolute Gasteiger partial charge is 0.373 e. The smallest absolute Gasteiger partial charge is 0.146 e. The van der Waals surface area contributed by atoms with Crippen LogP contribution in [0.25, 0.3) is 0 Å². The van der Waals surface area contributed by atoms with E-state index in [1.165, 1.54) is 18.9 Å². The van der Waals surface area contributed by atoms with E-state index in [1.807, 2.05) is 6.07 Å². The van der Waals surface area contributed by atoms with Crippen molar-refractivity contribution in [3.05, 3.63) is 35.1 Å². The summed E-state index contributed by atoms with van der Waals surface area (Å²) in [6, 6.07) is 6.72. The number of nitrogens with zero attached hydrogens (tertiary/aromatic N) is 1. The first-order valence-corrected chi connectivity index (χ1v) is 6.49. The van der Waals surface area contributed by atoms with Crippen molar-refractivity contribution in [2.24, 2.45) is 5.92 Å². The highest BCUT2D eigenvalue weighted by atomic mass is 19.1. The number of benzene rings is 1. The van der Waals surface area contributed by atoms with Crippen LogP contribution in [-0.4, -0.2) is 6.10 Å². The summed E-state index contributed by atoms with van der Waals surface area (Å²) in [5.74, 6) is 0.253. The molecule has 0 radical (unpaired) electrons. The average molecular weight is 247 g/mol. The van der Waals surface area contributed by atoms with Crippen molar-refractivity contribution in [1.82, 2.24) is 0 Å². The molecule has 96 valence electrons. The molecular weight excluding hydrogens is 229 g/mol. The quantitative estimate of drug-likeness (QED) is 0.814. The van der Waals surface area contributed by atoms with E-state index in [0.717, 1.165) is 12.8 Å². The van der Waals surface area contributed by atoms with Gasteiger partial charge in [0.25, 0.3) is 0 Å². The van der Waals surface area contributed by atoms with Gasteiger partial charge in [-0.1, -0.05) is 31.9 Å². The normalized spacial score (nSPS) is 23.6. The maximum absolute atomic E-state index is 13.8. The van der Waals surface area contributed by atoms with E-state index in [-0.39, 0.29) is 18.3 Å². The lowest BCUT2D eigenvalue weighted by molar-refractivity contribution is 0.00351. The Bertz CT molecular complexity index is 452. The van der Waals surface area contributed by atoms with Crippen LogP contribution in [0.4, 0.5) is 4.39 Å². The van der Waals surface area contributed by atoms with E-state index in [9.17, 15) is 4.39 Å². The summed E-state index contributed by atoms with van der Waals surface area (Å²) >= 11 is 0. The molecule has 0 spiro atoms. The minimum atomic E-state index is -0.441. The number of hydrogen-bond donors (Lipinski definition) is 0. The second-order valence-corrected chi connectivity index (χ2v) is 5.10. The molecule has 0 saturated heterocycles. The first-order valence-electron chi connectivity index (χ1n) is 6.49. The summed E-state index contributed by atoms with van der Waals surface area (Å²) in [5.41, 5.74) is 0.570. The van der Waals surface area contributed by atoms with Gasteiger partial charge in [-0.15, -0.1) is 0 Å². The number of rotatable bonds is 3. The molecule has 3 heteroatoms. The SMILES string of the molecule is CC1CCCC(OCc2cccc(C#N)c2F)C1. The van der Waals surface area contributed by atoms with E-state index in [2.05, 4.69) is 6.92 Å². The van der Waals surface area contributed by atoms with Crippen molar-refractivity contribution in [2.45, 2.75) is 45.3 Å². The molecule has 18 heavy (non-hydrogen) atoms. The van der Waals surface area contributed by atoms with Crippen LogP contribution in [0.5, 0.6) is 0 Å². The molecule has 2 rings (SSSR count). The van der Waals surface area contributed by atoms with Crippen LogP contribution < -0.4 is 0 Å². The molecule has 0 heterocycles. The standard InChI is InChI=1S/C15H18FNO/c1-11-4-2-7-14(8-11)18-10-13-6-3-5-12(9-17)15(13)16/h3,5-6,11,14H,2,4,7-8,10H2,1H3. The third kappa shape index (κ3) is 3.08. The summed E-state index contributed by atoms with van der Waals surface area (Å²) < 4.78 is 19.6. The van der Waals surface area contributed by atoms with Crippen LogP contribution >= 0.6 is 0 Å². The van der Waals surface area contributed by atoms with E-state index in [4.69, 9.17) is 10.00 Å². The van der Waals surface area contributed by atoms with Crippen LogP contribution in [0, 0.1) is 23.1 Å². The topological polar surface area (TPSA) is 33.0 Å². The third-order valence-corrected chi connectivity index (χ3v) is 3.56. The summed E-state index contributed by atoms with van der Waals surface area (Å²) in [5, 5.41) is 8.76. The Morgan fingerprint density at radius 2 is 2.28 bits per heavy atom. The Balaban J connectivity index is 1.96. The van der Waals surface area contributed by atoms with Crippen LogP contribution in [0.15, 0.2) is 18.2 Å². The first-order chi connectivity index (χ1) is 8.70. The van der Waals surface area contributed by atoms with Crippen LogP contribution in [0.3, 0.4) is 0 Å². The fourth-order valence-electron chi connectivity index (χ4n) is 2.52. The van der Waals surface area contributed by atoms with Gasteiger partial charge in [-0.2, -0.15) is 5.26 Å². The summed E-state index contributed by atoms with van der Waals surface area (Å²) in [4.78, 5) is 0. The monoisotopic (exact) mass is 247 g/mol. The molecule has 2 nitrogen and oxygen atoms in total. The van der Waals surface area contributed by atoms with Crippen molar-refractivity contribution in [3.8, 4) is 6.07 Å². The Morgan fingerprint density at radius 3 is 3.00 bits per heavy atom. The zero-order chi connectivity index (χ0) is 13.0. The Kier molecular flexibility index (Phi) is 4.33. The van der Waals surface area contributed by atoms with Crippen LogP contribution in [-0.2, 0) is 11.3 Å². The van der Waals surface area contributed by atoms with Gasteiger partial charge >= 0.3 is 0 Å². The van der Waals surface area contributed by atoms with E-state index in [0.29, 0.717) is 11.5 Å². The fraction of sp³-hybridized carbons (Fsp3) is 0.533. The summed E-state index contributed by atoms with van der Waals surface area (Å²) in [7, 11) is 0. The average Bonchev–Trinajstić information content (AvgIpc) is 2.38. The molecular formula is C15H18FNO. The fourth-order valence-corrected chi connectivity index (χ4v) is 2.52. The lowest BCUT2D eigenvalue weighted by atomic mass is 9.89. The second-order valence-electron chi connectivity index (χ2n) is 5.10. The van der Waals surface area contributed by atoms with E-state index in [1.54, 1.807) is 12.1 Å². The molecule has 0 amide bonds. The molecule has 1 aromatic carbocycles. The highest BCUT2D eigenvalue weighted by molar-refractivity contribution is 5.34. The predicted octanol–water partition coefficient (Wildman–Crippen LogP) is 3.79. The molecule has 0 N–H and O–H groups in total. The van der Waals surface area contributed by atoms with Crippen molar-refractivity contribution >= 4 is 0 Å². The van der Waals surface area contributed by atoms with Gasteiger partial charge in [0.2, 0.25) is 0 Å². The van der Waals surface area contributed by atoms with Gasteiger partial charge < -0.3 is 4.74 Å². The molecule has 0 aromatic heterocycles. The molecule has 1 saturated carbocycles. The Labute approximate surface area is 107 Å². The number of ether oxygens (including phenoxy) is 1. The van der Waals surface area contributed by atoms with Crippen LogP contribution in [0.1, 0.15) is 43.7 Å². The van der Waals surface area contributed by atoms with Gasteiger partial charge in [0.15, 0.2) is 0 Å².